The number of pyridine rings is 1. The SMILES string of the molecule is Nc1cc(F)cc(C(=O)Nc2cccc(F)n2)c1. The highest BCUT2D eigenvalue weighted by Gasteiger charge is 2.09. The van der Waals surface area contributed by atoms with E-state index >= 15 is 0 Å². The lowest BCUT2D eigenvalue weighted by Crippen LogP contribution is -2.13. The number of amides is 1. The summed E-state index contributed by atoms with van der Waals surface area (Å²) < 4.78 is 25.9. The Balaban J connectivity index is 2.22. The average molecular weight is 249 g/mol. The number of carbonyl (C=O) groups excluding carboxylic acids is 1. The molecule has 1 amide bonds. The van der Waals surface area contributed by atoms with Gasteiger partial charge in [0.25, 0.3) is 5.91 Å². The number of hydrogen-bond acceptors (Lipinski definition) is 3. The molecule has 0 aliphatic rings. The van der Waals surface area contributed by atoms with E-state index in [1.54, 1.807) is 0 Å². The van der Waals surface area contributed by atoms with Crippen molar-refractivity contribution in [3.63, 3.8) is 0 Å². The third kappa shape index (κ3) is 2.79. The zero-order chi connectivity index (χ0) is 13.1. The summed E-state index contributed by atoms with van der Waals surface area (Å²) in [6, 6.07) is 7.41. The molecule has 1 aromatic heterocycles. The van der Waals surface area contributed by atoms with Gasteiger partial charge in [0.1, 0.15) is 11.6 Å². The first-order chi connectivity index (χ1) is 8.54. The Morgan fingerprint density at radius 3 is 2.67 bits per heavy atom. The summed E-state index contributed by atoms with van der Waals surface area (Å²) in [7, 11) is 0. The first-order valence-electron chi connectivity index (χ1n) is 5.04. The van der Waals surface area contributed by atoms with Gasteiger partial charge in [-0.3, -0.25) is 4.79 Å². The maximum atomic E-state index is 13.1. The standard InChI is InChI=1S/C12H9F2N3O/c13-8-4-7(5-9(15)6-8)12(18)17-11-3-1-2-10(14)16-11/h1-6H,15H2,(H,16,17,18). The first kappa shape index (κ1) is 12.0. The van der Waals surface area contributed by atoms with Crippen molar-refractivity contribution < 1.29 is 13.6 Å². The van der Waals surface area contributed by atoms with Crippen molar-refractivity contribution in [2.24, 2.45) is 0 Å². The Bertz CT molecular complexity index is 581. The van der Waals surface area contributed by atoms with Gasteiger partial charge in [-0.05, 0) is 30.3 Å². The number of benzene rings is 1. The highest BCUT2D eigenvalue weighted by atomic mass is 19.1. The number of halogens is 2. The molecule has 0 spiro atoms. The molecule has 1 aromatic carbocycles. The fraction of sp³-hybridized carbons (Fsp3) is 0. The molecule has 4 nitrogen and oxygen atoms in total. The van der Waals surface area contributed by atoms with Gasteiger partial charge in [0.2, 0.25) is 5.95 Å². The van der Waals surface area contributed by atoms with Crippen molar-refractivity contribution in [2.75, 3.05) is 11.1 Å². The Labute approximate surface area is 101 Å². The Morgan fingerprint density at radius 2 is 2.00 bits per heavy atom. The Kier molecular flexibility index (Phi) is 3.18. The molecule has 1 heterocycles. The van der Waals surface area contributed by atoms with Crippen LogP contribution in [0.25, 0.3) is 0 Å². The van der Waals surface area contributed by atoms with Crippen molar-refractivity contribution in [3.8, 4) is 0 Å². The van der Waals surface area contributed by atoms with Crippen molar-refractivity contribution in [1.82, 2.24) is 4.98 Å². The molecule has 0 bridgehead atoms. The number of nitrogens with two attached hydrogens (primary N) is 1. The molecule has 0 saturated carbocycles. The molecule has 18 heavy (non-hydrogen) atoms. The van der Waals surface area contributed by atoms with E-state index in [4.69, 9.17) is 5.73 Å². The van der Waals surface area contributed by atoms with Crippen molar-refractivity contribution in [3.05, 3.63) is 53.7 Å². The minimum Gasteiger partial charge on any atom is -0.399 e. The second kappa shape index (κ2) is 4.79. The Morgan fingerprint density at radius 1 is 1.22 bits per heavy atom. The number of nitrogens with zero attached hydrogens (tertiary/aromatic N) is 1. The fourth-order valence-electron chi connectivity index (χ4n) is 1.41. The second-order valence-corrected chi connectivity index (χ2v) is 3.57. The summed E-state index contributed by atoms with van der Waals surface area (Å²) in [5.74, 6) is -1.90. The number of anilines is 2. The molecule has 3 N–H and O–H groups in total. The van der Waals surface area contributed by atoms with Crippen LogP contribution in [0.5, 0.6) is 0 Å². The zero-order valence-electron chi connectivity index (χ0n) is 9.15. The molecular weight excluding hydrogens is 240 g/mol. The maximum absolute atomic E-state index is 13.1. The van der Waals surface area contributed by atoms with Crippen LogP contribution >= 0.6 is 0 Å². The van der Waals surface area contributed by atoms with Gasteiger partial charge in [0.15, 0.2) is 0 Å². The summed E-state index contributed by atoms with van der Waals surface area (Å²) in [5.41, 5.74) is 5.59. The van der Waals surface area contributed by atoms with Gasteiger partial charge in [-0.1, -0.05) is 6.07 Å². The highest BCUT2D eigenvalue weighted by molar-refractivity contribution is 6.04. The molecule has 92 valence electrons. The van der Waals surface area contributed by atoms with Crippen molar-refractivity contribution in [2.45, 2.75) is 0 Å². The monoisotopic (exact) mass is 249 g/mol. The largest absolute Gasteiger partial charge is 0.399 e. The van der Waals surface area contributed by atoms with Gasteiger partial charge in [-0.25, -0.2) is 9.37 Å². The molecule has 6 heteroatoms. The third-order valence-electron chi connectivity index (χ3n) is 2.14. The highest BCUT2D eigenvalue weighted by Crippen LogP contribution is 2.13. The lowest BCUT2D eigenvalue weighted by atomic mass is 10.2. The van der Waals surface area contributed by atoms with Crippen LogP contribution < -0.4 is 11.1 Å². The predicted molar refractivity (Wildman–Crippen MR) is 63.0 cm³/mol. The van der Waals surface area contributed by atoms with E-state index in [1.807, 2.05) is 0 Å². The molecule has 0 aliphatic heterocycles. The molecule has 0 unspecified atom stereocenters. The summed E-state index contributed by atoms with van der Waals surface area (Å²) in [6.45, 7) is 0. The van der Waals surface area contributed by atoms with Crippen LogP contribution in [0.3, 0.4) is 0 Å². The van der Waals surface area contributed by atoms with Gasteiger partial charge < -0.3 is 11.1 Å². The number of hydrogen-bond donors (Lipinski definition) is 2. The molecule has 0 aliphatic carbocycles. The van der Waals surface area contributed by atoms with E-state index in [0.29, 0.717) is 0 Å². The number of nitrogens with one attached hydrogen (secondary N) is 1. The molecule has 2 rings (SSSR count). The number of carbonyl (C=O) groups is 1. The molecule has 2 aromatic rings. The van der Waals surface area contributed by atoms with Crippen molar-refractivity contribution >= 4 is 17.4 Å². The van der Waals surface area contributed by atoms with E-state index in [0.717, 1.165) is 18.2 Å². The van der Waals surface area contributed by atoms with Gasteiger partial charge in [0.05, 0.1) is 0 Å². The van der Waals surface area contributed by atoms with Gasteiger partial charge >= 0.3 is 0 Å². The zero-order valence-corrected chi connectivity index (χ0v) is 9.15. The van der Waals surface area contributed by atoms with Crippen LogP contribution in [0, 0.1) is 11.8 Å². The summed E-state index contributed by atoms with van der Waals surface area (Å²) in [4.78, 5) is 15.2. The lowest BCUT2D eigenvalue weighted by molar-refractivity contribution is 0.102. The minimum absolute atomic E-state index is 0.0403. The Hall–Kier alpha value is -2.50. The van der Waals surface area contributed by atoms with E-state index in [9.17, 15) is 13.6 Å². The topological polar surface area (TPSA) is 68.0 Å². The first-order valence-corrected chi connectivity index (χ1v) is 5.04. The predicted octanol–water partition coefficient (Wildman–Crippen LogP) is 2.19. The van der Waals surface area contributed by atoms with E-state index < -0.39 is 17.7 Å². The summed E-state index contributed by atoms with van der Waals surface area (Å²) in [5, 5.41) is 2.34. The third-order valence-corrected chi connectivity index (χ3v) is 2.14. The summed E-state index contributed by atoms with van der Waals surface area (Å²) >= 11 is 0. The van der Waals surface area contributed by atoms with Crippen molar-refractivity contribution in [1.29, 1.82) is 0 Å². The van der Waals surface area contributed by atoms with E-state index in [2.05, 4.69) is 10.3 Å². The van der Waals surface area contributed by atoms with Crippen LogP contribution in [0.4, 0.5) is 20.3 Å². The van der Waals surface area contributed by atoms with Crippen LogP contribution in [0.2, 0.25) is 0 Å². The number of rotatable bonds is 2. The van der Waals surface area contributed by atoms with Crippen LogP contribution in [0.15, 0.2) is 36.4 Å². The minimum atomic E-state index is -0.716. The maximum Gasteiger partial charge on any atom is 0.256 e. The molecule has 0 radical (unpaired) electrons. The number of nitrogen functional groups attached to an aromatic ring is 1. The lowest BCUT2D eigenvalue weighted by Gasteiger charge is -2.05. The van der Waals surface area contributed by atoms with Crippen LogP contribution in [-0.2, 0) is 0 Å². The van der Waals surface area contributed by atoms with E-state index in [1.165, 1.54) is 18.2 Å². The normalized spacial score (nSPS) is 10.1. The van der Waals surface area contributed by atoms with Crippen LogP contribution in [-0.4, -0.2) is 10.9 Å². The summed E-state index contributed by atoms with van der Waals surface area (Å²) in [6.07, 6.45) is 0. The molecular formula is C12H9F2N3O. The van der Waals surface area contributed by atoms with Gasteiger partial charge in [-0.2, -0.15) is 4.39 Å². The second-order valence-electron chi connectivity index (χ2n) is 3.57. The van der Waals surface area contributed by atoms with Gasteiger partial charge in [0, 0.05) is 11.3 Å². The van der Waals surface area contributed by atoms with Gasteiger partial charge in [-0.15, -0.1) is 0 Å². The molecule has 0 saturated heterocycles. The average Bonchev–Trinajstić information content (AvgIpc) is 2.27. The van der Waals surface area contributed by atoms with Crippen LogP contribution in [0.1, 0.15) is 10.4 Å². The molecule has 0 atom stereocenters. The number of aromatic nitrogens is 1. The fourth-order valence-corrected chi connectivity index (χ4v) is 1.41. The molecule has 0 fully saturated rings. The quantitative estimate of drug-likeness (QED) is 0.633. The van der Waals surface area contributed by atoms with E-state index in [-0.39, 0.29) is 17.1 Å². The smallest absolute Gasteiger partial charge is 0.256 e.